The van der Waals surface area contributed by atoms with E-state index in [4.69, 9.17) is 4.74 Å². The molecule has 0 aliphatic rings. The number of ether oxygens (including phenoxy) is 1. The molecule has 0 unspecified atom stereocenters. The Hall–Kier alpha value is -0.940. The number of halogens is 1. The van der Waals surface area contributed by atoms with E-state index in [0.29, 0.717) is 11.1 Å². The first-order valence-corrected chi connectivity index (χ1v) is 8.15. The Labute approximate surface area is 132 Å². The Balaban J connectivity index is 2.28. The molecule has 20 heavy (non-hydrogen) atoms. The Bertz CT molecular complexity index is 602. The Morgan fingerprint density at radius 3 is 2.50 bits per heavy atom. The largest absolute Gasteiger partial charge is 0.430 e. The smallest absolute Gasteiger partial charge is 0.298 e. The van der Waals surface area contributed by atoms with Gasteiger partial charge in [-0.1, -0.05) is 50.5 Å². The first-order chi connectivity index (χ1) is 9.27. The Morgan fingerprint density at radius 2 is 1.95 bits per heavy atom. The highest BCUT2D eigenvalue weighted by Crippen LogP contribution is 2.34. The van der Waals surface area contributed by atoms with Gasteiger partial charge in [0, 0.05) is 21.4 Å². The third-order valence-corrected chi connectivity index (χ3v) is 3.96. The molecule has 0 radical (unpaired) electrons. The van der Waals surface area contributed by atoms with Crippen molar-refractivity contribution in [3.05, 3.63) is 34.1 Å². The van der Waals surface area contributed by atoms with Crippen LogP contribution in [0.25, 0.3) is 0 Å². The van der Waals surface area contributed by atoms with Crippen LogP contribution < -0.4 is 4.74 Å². The predicted octanol–water partition coefficient (Wildman–Crippen LogP) is 5.51. The molecule has 0 fully saturated rings. The zero-order valence-electron chi connectivity index (χ0n) is 12.4. The normalized spacial score (nSPS) is 11.9. The van der Waals surface area contributed by atoms with Crippen LogP contribution in [0.15, 0.2) is 22.7 Å². The van der Waals surface area contributed by atoms with Crippen molar-refractivity contribution >= 4 is 27.5 Å². The zero-order valence-corrected chi connectivity index (χ0v) is 14.8. The van der Waals surface area contributed by atoms with Gasteiger partial charge in [0.05, 0.1) is 0 Å². The summed E-state index contributed by atoms with van der Waals surface area (Å²) >= 11 is 4.80. The van der Waals surface area contributed by atoms with Crippen LogP contribution in [0.1, 0.15) is 51.9 Å². The molecule has 1 aromatic heterocycles. The van der Waals surface area contributed by atoms with E-state index in [0.717, 1.165) is 21.6 Å². The van der Waals surface area contributed by atoms with Crippen molar-refractivity contribution in [2.24, 2.45) is 0 Å². The fourth-order valence-corrected chi connectivity index (χ4v) is 2.83. The third kappa shape index (κ3) is 3.58. The lowest BCUT2D eigenvalue weighted by atomic mass is 9.96. The molecule has 108 valence electrons. The Morgan fingerprint density at radius 1 is 1.25 bits per heavy atom. The second-order valence-electron chi connectivity index (χ2n) is 6.07. The second kappa shape index (κ2) is 5.82. The van der Waals surface area contributed by atoms with Crippen LogP contribution in [0, 0.1) is 0 Å². The summed E-state index contributed by atoms with van der Waals surface area (Å²) in [6, 6.07) is 6.04. The van der Waals surface area contributed by atoms with Gasteiger partial charge < -0.3 is 4.74 Å². The topological polar surface area (TPSA) is 35.0 Å². The molecule has 1 heterocycles. The van der Waals surface area contributed by atoms with E-state index in [-0.39, 0.29) is 5.41 Å². The first kappa shape index (κ1) is 15.4. The van der Waals surface area contributed by atoms with Crippen molar-refractivity contribution in [1.82, 2.24) is 9.36 Å². The summed E-state index contributed by atoms with van der Waals surface area (Å²) in [5.74, 6) is 2.05. The lowest BCUT2D eigenvalue weighted by molar-refractivity contribution is 0.460. The molecule has 0 bridgehead atoms. The number of nitrogens with zero attached hydrogens (tertiary/aromatic N) is 2. The summed E-state index contributed by atoms with van der Waals surface area (Å²) in [5.41, 5.74) is 1.10. The van der Waals surface area contributed by atoms with Crippen LogP contribution in [0.3, 0.4) is 0 Å². The van der Waals surface area contributed by atoms with Gasteiger partial charge in [-0.3, -0.25) is 0 Å². The number of aromatic nitrogens is 2. The Kier molecular flexibility index (Phi) is 4.49. The van der Waals surface area contributed by atoms with Crippen molar-refractivity contribution < 1.29 is 4.74 Å². The number of rotatable bonds is 3. The maximum atomic E-state index is 5.93. The van der Waals surface area contributed by atoms with Gasteiger partial charge in [-0.25, -0.2) is 0 Å². The van der Waals surface area contributed by atoms with Gasteiger partial charge in [-0.15, -0.1) is 0 Å². The van der Waals surface area contributed by atoms with Crippen LogP contribution in [0.2, 0.25) is 0 Å². The SMILES string of the molecule is CC(C)c1cc(Br)ccc1Oc1nc(C(C)(C)C)ns1. The minimum atomic E-state index is -0.0568. The van der Waals surface area contributed by atoms with Gasteiger partial charge in [-0.2, -0.15) is 9.36 Å². The molecule has 5 heteroatoms. The van der Waals surface area contributed by atoms with Crippen LogP contribution >= 0.6 is 27.5 Å². The summed E-state index contributed by atoms with van der Waals surface area (Å²) in [6.07, 6.45) is 0. The molecular formula is C15H19BrN2OS. The summed E-state index contributed by atoms with van der Waals surface area (Å²) in [7, 11) is 0. The number of benzene rings is 1. The second-order valence-corrected chi connectivity index (χ2v) is 7.70. The van der Waals surface area contributed by atoms with E-state index in [9.17, 15) is 0 Å². The molecule has 0 spiro atoms. The van der Waals surface area contributed by atoms with Crippen molar-refractivity contribution in [3.8, 4) is 10.9 Å². The van der Waals surface area contributed by atoms with Crippen molar-refractivity contribution in [2.75, 3.05) is 0 Å². The molecule has 3 nitrogen and oxygen atoms in total. The maximum absolute atomic E-state index is 5.93. The van der Waals surface area contributed by atoms with Gasteiger partial charge in [0.1, 0.15) is 5.75 Å². The summed E-state index contributed by atoms with van der Waals surface area (Å²) < 4.78 is 11.4. The zero-order chi connectivity index (χ0) is 14.9. The average molecular weight is 355 g/mol. The fraction of sp³-hybridized carbons (Fsp3) is 0.467. The van der Waals surface area contributed by atoms with Crippen molar-refractivity contribution in [2.45, 2.75) is 46.0 Å². The van der Waals surface area contributed by atoms with Crippen molar-refractivity contribution in [1.29, 1.82) is 0 Å². The van der Waals surface area contributed by atoms with E-state index < -0.39 is 0 Å². The van der Waals surface area contributed by atoms with Crippen LogP contribution in [0.5, 0.6) is 10.9 Å². The average Bonchev–Trinajstić information content (AvgIpc) is 2.79. The summed E-state index contributed by atoms with van der Waals surface area (Å²) in [5, 5.41) is 0.596. The molecule has 0 saturated heterocycles. The maximum Gasteiger partial charge on any atom is 0.298 e. The minimum absolute atomic E-state index is 0.0568. The van der Waals surface area contributed by atoms with E-state index in [2.05, 4.69) is 66.0 Å². The van der Waals surface area contributed by atoms with E-state index >= 15 is 0 Å². The molecule has 0 aliphatic carbocycles. The van der Waals surface area contributed by atoms with Crippen LogP contribution in [0.4, 0.5) is 0 Å². The van der Waals surface area contributed by atoms with E-state index in [1.807, 2.05) is 12.1 Å². The summed E-state index contributed by atoms with van der Waals surface area (Å²) in [4.78, 5) is 4.47. The molecular weight excluding hydrogens is 336 g/mol. The number of hydrogen-bond acceptors (Lipinski definition) is 4. The fourth-order valence-electron chi connectivity index (χ4n) is 1.71. The monoisotopic (exact) mass is 354 g/mol. The summed E-state index contributed by atoms with van der Waals surface area (Å²) in [6.45, 7) is 10.6. The highest BCUT2D eigenvalue weighted by molar-refractivity contribution is 9.10. The minimum Gasteiger partial charge on any atom is -0.430 e. The standard InChI is InChI=1S/C15H19BrN2OS/c1-9(2)11-8-10(16)6-7-12(11)19-14-17-13(18-20-14)15(3,4)5/h6-9H,1-5H3. The van der Waals surface area contributed by atoms with E-state index in [1.54, 1.807) is 0 Å². The van der Waals surface area contributed by atoms with Gasteiger partial charge >= 0.3 is 0 Å². The molecule has 1 aromatic carbocycles. The highest BCUT2D eigenvalue weighted by atomic mass is 79.9. The molecule has 0 atom stereocenters. The molecule has 2 aromatic rings. The molecule has 0 N–H and O–H groups in total. The predicted molar refractivity (Wildman–Crippen MR) is 86.9 cm³/mol. The van der Waals surface area contributed by atoms with Gasteiger partial charge in [0.15, 0.2) is 5.82 Å². The quantitative estimate of drug-likeness (QED) is 0.728. The molecule has 0 amide bonds. The number of hydrogen-bond donors (Lipinski definition) is 0. The van der Waals surface area contributed by atoms with Crippen LogP contribution in [-0.2, 0) is 5.41 Å². The van der Waals surface area contributed by atoms with E-state index in [1.165, 1.54) is 11.5 Å². The molecule has 0 aliphatic heterocycles. The lowest BCUT2D eigenvalue weighted by Crippen LogP contribution is -2.12. The lowest BCUT2D eigenvalue weighted by Gasteiger charge is -2.13. The van der Waals surface area contributed by atoms with Gasteiger partial charge in [0.25, 0.3) is 5.19 Å². The van der Waals surface area contributed by atoms with Gasteiger partial charge in [-0.05, 0) is 29.7 Å². The van der Waals surface area contributed by atoms with Crippen molar-refractivity contribution in [3.63, 3.8) is 0 Å². The first-order valence-electron chi connectivity index (χ1n) is 6.59. The highest BCUT2D eigenvalue weighted by Gasteiger charge is 2.21. The third-order valence-electron chi connectivity index (χ3n) is 2.87. The van der Waals surface area contributed by atoms with Crippen LogP contribution in [-0.4, -0.2) is 9.36 Å². The van der Waals surface area contributed by atoms with Gasteiger partial charge in [0.2, 0.25) is 0 Å². The molecule has 0 saturated carbocycles. The molecule has 2 rings (SSSR count).